The maximum Gasteiger partial charge on any atom is 0.490 e. The van der Waals surface area contributed by atoms with Crippen LogP contribution in [0.25, 0.3) is 0 Å². The summed E-state index contributed by atoms with van der Waals surface area (Å²) in [6, 6.07) is 6.03. The Hall–Kier alpha value is -4.01. The molecule has 1 aromatic heterocycles. The summed E-state index contributed by atoms with van der Waals surface area (Å²) in [5, 5.41) is 22.3. The number of ether oxygens (including phenoxy) is 1. The van der Waals surface area contributed by atoms with Crippen LogP contribution in [0.2, 0.25) is 0 Å². The number of aliphatic carboxylic acids is 1. The number of anilines is 1. The Balaban J connectivity index is 0.000000540. The third kappa shape index (κ3) is 8.69. The molecular formula is C20H20F3N5O6S. The molecule has 2 heterocycles. The van der Waals surface area contributed by atoms with Crippen LogP contribution in [0.4, 0.5) is 18.9 Å². The Morgan fingerprint density at radius 1 is 1.20 bits per heavy atom. The molecule has 35 heavy (non-hydrogen) atoms. The number of benzene rings is 1. The van der Waals surface area contributed by atoms with E-state index in [0.717, 1.165) is 0 Å². The zero-order valence-electron chi connectivity index (χ0n) is 17.8. The molecule has 0 radical (unpaired) electrons. The number of hydrogen-bond donors (Lipinski definition) is 5. The fourth-order valence-corrected chi connectivity index (χ4v) is 3.47. The summed E-state index contributed by atoms with van der Waals surface area (Å²) in [5.74, 6) is -3.86. The smallest absolute Gasteiger partial charge is 0.475 e. The number of nitrogen functional groups attached to an aromatic ring is 1. The quantitative estimate of drug-likeness (QED) is 0.210. The summed E-state index contributed by atoms with van der Waals surface area (Å²) < 4.78 is 37.0. The third-order valence-electron chi connectivity index (χ3n) is 4.35. The maximum atomic E-state index is 12.2. The van der Waals surface area contributed by atoms with Gasteiger partial charge in [0.1, 0.15) is 10.8 Å². The normalized spacial score (nSPS) is 16.9. The summed E-state index contributed by atoms with van der Waals surface area (Å²) in [6.07, 6.45) is -4.02. The van der Waals surface area contributed by atoms with E-state index in [1.807, 2.05) is 0 Å². The van der Waals surface area contributed by atoms with Crippen molar-refractivity contribution in [2.24, 2.45) is 5.73 Å². The van der Waals surface area contributed by atoms with E-state index in [0.29, 0.717) is 16.3 Å². The van der Waals surface area contributed by atoms with Gasteiger partial charge in [-0.05, 0) is 24.3 Å². The highest BCUT2D eigenvalue weighted by Gasteiger charge is 2.39. The van der Waals surface area contributed by atoms with Crippen molar-refractivity contribution in [2.75, 3.05) is 5.32 Å². The van der Waals surface area contributed by atoms with Gasteiger partial charge in [0, 0.05) is 35.7 Å². The molecule has 1 saturated heterocycles. The largest absolute Gasteiger partial charge is 0.490 e. The number of carboxylic acid groups (broad SMARTS) is 1. The highest BCUT2D eigenvalue weighted by molar-refractivity contribution is 7.09. The van der Waals surface area contributed by atoms with Crippen LogP contribution in [-0.4, -0.2) is 51.9 Å². The highest BCUT2D eigenvalue weighted by atomic mass is 32.1. The lowest BCUT2D eigenvalue weighted by molar-refractivity contribution is -0.192. The number of aromatic nitrogens is 1. The molecule has 1 aliphatic rings. The Labute approximate surface area is 200 Å². The molecule has 1 unspecified atom stereocenters. The van der Waals surface area contributed by atoms with E-state index in [1.54, 1.807) is 35.8 Å². The van der Waals surface area contributed by atoms with Gasteiger partial charge in [-0.15, -0.1) is 11.3 Å². The second kappa shape index (κ2) is 11.9. The van der Waals surface area contributed by atoms with Crippen molar-refractivity contribution in [3.8, 4) is 0 Å². The monoisotopic (exact) mass is 515 g/mol. The number of nitrogens with two attached hydrogens (primary N) is 1. The molecule has 1 fully saturated rings. The molecule has 11 nitrogen and oxygen atoms in total. The van der Waals surface area contributed by atoms with Gasteiger partial charge in [0.05, 0.1) is 12.5 Å². The van der Waals surface area contributed by atoms with E-state index < -0.39 is 30.3 Å². The second-order valence-electron chi connectivity index (χ2n) is 7.00. The Kier molecular flexibility index (Phi) is 9.27. The predicted molar refractivity (Wildman–Crippen MR) is 117 cm³/mol. The first-order valence-electron chi connectivity index (χ1n) is 9.79. The van der Waals surface area contributed by atoms with E-state index in [1.165, 1.54) is 11.3 Å². The molecule has 3 rings (SSSR count). The Morgan fingerprint density at radius 2 is 1.80 bits per heavy atom. The van der Waals surface area contributed by atoms with Gasteiger partial charge in [-0.2, -0.15) is 13.2 Å². The number of amides is 2. The number of hydrogen-bond acceptors (Lipinski definition) is 8. The molecule has 188 valence electrons. The fraction of sp³-hybridized carbons (Fsp3) is 0.300. The molecule has 2 atom stereocenters. The molecule has 1 aromatic carbocycles. The Morgan fingerprint density at radius 3 is 2.31 bits per heavy atom. The molecule has 2 aromatic rings. The van der Waals surface area contributed by atoms with E-state index in [9.17, 15) is 27.6 Å². The topological polar surface area (TPSA) is 185 Å². The van der Waals surface area contributed by atoms with Gasteiger partial charge in [0.15, 0.2) is 6.10 Å². The molecule has 15 heteroatoms. The lowest BCUT2D eigenvalue weighted by Gasteiger charge is -2.16. The van der Waals surface area contributed by atoms with Gasteiger partial charge in [-0.3, -0.25) is 19.8 Å². The van der Waals surface area contributed by atoms with Crippen LogP contribution in [0.1, 0.15) is 35.9 Å². The van der Waals surface area contributed by atoms with Crippen molar-refractivity contribution in [3.05, 3.63) is 46.4 Å². The lowest BCUT2D eigenvalue weighted by atomic mass is 10.1. The Bertz CT molecular complexity index is 1080. The number of halogens is 3. The van der Waals surface area contributed by atoms with E-state index in [4.69, 9.17) is 25.8 Å². The molecule has 2 amide bonds. The standard InChI is InChI=1S/C18H19N5O4S.C2HF3O2/c19-17(20)10-1-3-11(4-2-10)22-13(24)5-6-14(25)23-12-9-15(26)27-16(12)18-21-7-8-28-18;3-2(4,5)1(6)7/h1-4,7-8,12,16H,5-6,9H2,(H3,19,20)(H,22,24)(H,23,25);(H,6,7)/t12-,16?;/m0./s1. The first-order chi connectivity index (χ1) is 16.4. The summed E-state index contributed by atoms with van der Waals surface area (Å²) in [5.41, 5.74) is 6.49. The second-order valence-corrected chi connectivity index (χ2v) is 7.93. The van der Waals surface area contributed by atoms with Crippen molar-refractivity contribution >= 4 is 46.6 Å². The van der Waals surface area contributed by atoms with Gasteiger partial charge in [0.2, 0.25) is 11.8 Å². The number of rotatable bonds is 7. The van der Waals surface area contributed by atoms with Crippen molar-refractivity contribution in [1.82, 2.24) is 10.3 Å². The van der Waals surface area contributed by atoms with Crippen molar-refractivity contribution < 1.29 is 42.2 Å². The number of carboxylic acids is 1. The zero-order chi connectivity index (χ0) is 26.2. The minimum absolute atomic E-state index is 0.0102. The van der Waals surface area contributed by atoms with Crippen LogP contribution in [0.15, 0.2) is 35.8 Å². The van der Waals surface area contributed by atoms with Crippen LogP contribution in [0, 0.1) is 5.41 Å². The highest BCUT2D eigenvalue weighted by Crippen LogP contribution is 2.31. The van der Waals surface area contributed by atoms with Crippen LogP contribution < -0.4 is 16.4 Å². The average molecular weight is 515 g/mol. The summed E-state index contributed by atoms with van der Waals surface area (Å²) in [6.45, 7) is 0. The van der Waals surface area contributed by atoms with E-state index in [-0.39, 0.29) is 36.9 Å². The number of esters is 1. The lowest BCUT2D eigenvalue weighted by Crippen LogP contribution is -2.37. The maximum absolute atomic E-state index is 12.2. The van der Waals surface area contributed by atoms with Crippen LogP contribution in [0.3, 0.4) is 0 Å². The number of carbonyl (C=O) groups is 4. The van der Waals surface area contributed by atoms with E-state index in [2.05, 4.69) is 15.6 Å². The minimum atomic E-state index is -5.08. The van der Waals surface area contributed by atoms with Crippen molar-refractivity contribution in [1.29, 1.82) is 5.41 Å². The zero-order valence-corrected chi connectivity index (χ0v) is 18.6. The van der Waals surface area contributed by atoms with Gasteiger partial charge in [0.25, 0.3) is 0 Å². The number of amidine groups is 1. The summed E-state index contributed by atoms with van der Waals surface area (Å²) in [4.78, 5) is 48.8. The molecular weight excluding hydrogens is 495 g/mol. The van der Waals surface area contributed by atoms with Crippen molar-refractivity contribution in [3.63, 3.8) is 0 Å². The minimum Gasteiger partial charge on any atom is -0.475 e. The number of carbonyl (C=O) groups excluding carboxylic acids is 3. The van der Waals surface area contributed by atoms with Gasteiger partial charge in [-0.1, -0.05) is 0 Å². The SMILES string of the molecule is N=C(N)c1ccc(NC(=O)CCC(=O)N[C@H]2CC(=O)OC2c2nccs2)cc1.O=C(O)C(F)(F)F. The molecule has 0 saturated carbocycles. The van der Waals surface area contributed by atoms with Gasteiger partial charge in [-0.25, -0.2) is 9.78 Å². The molecule has 1 aliphatic heterocycles. The predicted octanol–water partition coefficient (Wildman–Crippen LogP) is 1.95. The first-order valence-corrected chi connectivity index (χ1v) is 10.7. The first kappa shape index (κ1) is 27.2. The average Bonchev–Trinajstić information content (AvgIpc) is 3.42. The van der Waals surface area contributed by atoms with E-state index >= 15 is 0 Å². The number of cyclic esters (lactones) is 1. The van der Waals surface area contributed by atoms with Gasteiger partial charge < -0.3 is 26.2 Å². The fourth-order valence-electron chi connectivity index (χ4n) is 2.75. The van der Waals surface area contributed by atoms with Gasteiger partial charge >= 0.3 is 18.1 Å². The number of thiazole rings is 1. The summed E-state index contributed by atoms with van der Waals surface area (Å²) in [7, 11) is 0. The summed E-state index contributed by atoms with van der Waals surface area (Å²) >= 11 is 1.35. The number of nitrogens with one attached hydrogen (secondary N) is 3. The van der Waals surface area contributed by atoms with Crippen molar-refractivity contribution in [2.45, 2.75) is 37.6 Å². The molecule has 0 spiro atoms. The number of nitrogens with zero attached hydrogens (tertiary/aromatic N) is 1. The van der Waals surface area contributed by atoms with Crippen LogP contribution in [-0.2, 0) is 23.9 Å². The third-order valence-corrected chi connectivity index (χ3v) is 5.19. The molecule has 0 aliphatic carbocycles. The van der Waals surface area contributed by atoms with Crippen LogP contribution in [0.5, 0.6) is 0 Å². The molecule has 0 bridgehead atoms. The molecule has 6 N–H and O–H groups in total. The van der Waals surface area contributed by atoms with Crippen LogP contribution >= 0.6 is 11.3 Å². The number of alkyl halides is 3.